The second-order valence-electron chi connectivity index (χ2n) is 6.52. The molecule has 21 heavy (non-hydrogen) atoms. The van der Waals surface area contributed by atoms with E-state index in [1.54, 1.807) is 0 Å². The highest BCUT2D eigenvalue weighted by molar-refractivity contribution is 7.19. The Morgan fingerprint density at radius 2 is 1.90 bits per heavy atom. The molecule has 0 radical (unpaired) electrons. The molecular weight excluding hydrogens is 282 g/mol. The van der Waals surface area contributed by atoms with E-state index in [2.05, 4.69) is 11.4 Å². The summed E-state index contributed by atoms with van der Waals surface area (Å²) in [4.78, 5) is 12.8. The molecule has 1 heterocycles. The van der Waals surface area contributed by atoms with Crippen LogP contribution in [0.2, 0.25) is 0 Å². The lowest BCUT2D eigenvalue weighted by atomic mass is 10.1. The van der Waals surface area contributed by atoms with Crippen molar-refractivity contribution >= 4 is 27.8 Å². The summed E-state index contributed by atoms with van der Waals surface area (Å²) in [6.45, 7) is 3.72. The molecule has 2 saturated carbocycles. The summed E-state index contributed by atoms with van der Waals surface area (Å²) in [5, 5.41) is 13.7. The Kier molecular flexibility index (Phi) is 3.66. The van der Waals surface area contributed by atoms with Crippen molar-refractivity contribution < 1.29 is 4.79 Å². The van der Waals surface area contributed by atoms with Gasteiger partial charge >= 0.3 is 0 Å². The molecule has 0 amide bonds. The predicted molar refractivity (Wildman–Crippen MR) is 85.5 cm³/mol. The highest BCUT2D eigenvalue weighted by Gasteiger charge is 2.42. The van der Waals surface area contributed by atoms with Gasteiger partial charge in [-0.2, -0.15) is 5.26 Å². The largest absolute Gasteiger partial charge is 0.396 e. The zero-order valence-corrected chi connectivity index (χ0v) is 13.3. The van der Waals surface area contributed by atoms with Gasteiger partial charge in [-0.05, 0) is 37.5 Å². The number of nitrogens with one attached hydrogen (secondary N) is 1. The van der Waals surface area contributed by atoms with Gasteiger partial charge < -0.3 is 11.1 Å². The van der Waals surface area contributed by atoms with E-state index in [1.807, 2.05) is 13.8 Å². The van der Waals surface area contributed by atoms with E-state index in [-0.39, 0.29) is 11.7 Å². The van der Waals surface area contributed by atoms with Gasteiger partial charge in [-0.3, -0.25) is 4.79 Å². The van der Waals surface area contributed by atoms with E-state index < -0.39 is 0 Å². The fraction of sp³-hybridized carbons (Fsp3) is 0.625. The Hall–Kier alpha value is -1.54. The molecule has 3 rings (SSSR count). The van der Waals surface area contributed by atoms with Gasteiger partial charge in [0.15, 0.2) is 5.78 Å². The van der Waals surface area contributed by atoms with E-state index in [0.717, 1.165) is 16.8 Å². The maximum absolute atomic E-state index is 12.2. The predicted octanol–water partition coefficient (Wildman–Crippen LogP) is 3.64. The molecule has 1 aromatic heterocycles. The van der Waals surface area contributed by atoms with Crippen LogP contribution in [0.3, 0.4) is 0 Å². The number of nitrogen functional groups attached to an aromatic ring is 1. The first-order valence-corrected chi connectivity index (χ1v) is 8.47. The molecule has 4 nitrogen and oxygen atoms in total. The zero-order chi connectivity index (χ0) is 15.1. The van der Waals surface area contributed by atoms with E-state index >= 15 is 0 Å². The van der Waals surface area contributed by atoms with E-state index in [0.29, 0.717) is 22.2 Å². The number of rotatable bonds is 6. The van der Waals surface area contributed by atoms with Crippen LogP contribution >= 0.6 is 11.3 Å². The number of Topliss-reactive ketones (excluding diaryl/α,β-unsaturated/α-hetero) is 1. The molecule has 2 fully saturated rings. The van der Waals surface area contributed by atoms with Crippen LogP contribution in [0, 0.1) is 29.1 Å². The molecule has 5 heteroatoms. The lowest BCUT2D eigenvalue weighted by Crippen LogP contribution is -2.24. The smallest absolute Gasteiger partial charge is 0.177 e. The molecule has 0 unspecified atom stereocenters. The van der Waals surface area contributed by atoms with Crippen molar-refractivity contribution in [2.75, 3.05) is 11.1 Å². The summed E-state index contributed by atoms with van der Waals surface area (Å²) in [6.07, 6.45) is 5.09. The third-order valence-electron chi connectivity index (χ3n) is 4.36. The van der Waals surface area contributed by atoms with Crippen molar-refractivity contribution in [3.05, 3.63) is 10.4 Å². The second kappa shape index (κ2) is 5.34. The Bertz CT molecular complexity index is 594. The summed E-state index contributed by atoms with van der Waals surface area (Å²) >= 11 is 1.36. The standard InChI is InChI=1S/C16H21N3OS/c1-8(2)14(20)15-12(18)11(7-17)16(21-15)19-13(9-3-4-9)10-5-6-10/h8-10,13,19H,3-6,18H2,1-2H3. The van der Waals surface area contributed by atoms with Gasteiger partial charge in [0.25, 0.3) is 0 Å². The zero-order valence-electron chi connectivity index (χ0n) is 12.5. The molecule has 3 N–H and O–H groups in total. The maximum atomic E-state index is 12.2. The lowest BCUT2D eigenvalue weighted by molar-refractivity contribution is 0.0944. The minimum atomic E-state index is -0.104. The quantitative estimate of drug-likeness (QED) is 0.786. The van der Waals surface area contributed by atoms with Crippen LogP contribution < -0.4 is 11.1 Å². The number of carbonyl (C=O) groups excluding carboxylic acids is 1. The van der Waals surface area contributed by atoms with Crippen LogP contribution in [0.25, 0.3) is 0 Å². The third kappa shape index (κ3) is 2.77. The molecule has 0 bridgehead atoms. The monoisotopic (exact) mass is 303 g/mol. The van der Waals surface area contributed by atoms with E-state index in [9.17, 15) is 10.1 Å². The fourth-order valence-corrected chi connectivity index (χ4v) is 3.99. The Morgan fingerprint density at radius 1 is 1.33 bits per heavy atom. The highest BCUT2D eigenvalue weighted by Crippen LogP contribution is 2.47. The van der Waals surface area contributed by atoms with Gasteiger partial charge in [0, 0.05) is 12.0 Å². The molecule has 2 aliphatic rings. The number of hydrogen-bond acceptors (Lipinski definition) is 5. The minimum Gasteiger partial charge on any atom is -0.396 e. The summed E-state index contributed by atoms with van der Waals surface area (Å²) < 4.78 is 0. The Balaban J connectivity index is 1.89. The second-order valence-corrected chi connectivity index (χ2v) is 7.55. The number of carbonyl (C=O) groups is 1. The molecule has 0 atom stereocenters. The molecule has 2 aliphatic carbocycles. The number of hydrogen-bond donors (Lipinski definition) is 2. The summed E-state index contributed by atoms with van der Waals surface area (Å²) in [6, 6.07) is 2.63. The first-order valence-electron chi connectivity index (χ1n) is 7.66. The molecule has 0 saturated heterocycles. The third-order valence-corrected chi connectivity index (χ3v) is 5.51. The summed E-state index contributed by atoms with van der Waals surface area (Å²) in [7, 11) is 0. The maximum Gasteiger partial charge on any atom is 0.177 e. The number of ketones is 1. The van der Waals surface area contributed by atoms with Crippen molar-refractivity contribution in [3.63, 3.8) is 0 Å². The molecule has 112 valence electrons. The molecule has 1 aromatic rings. The van der Waals surface area contributed by atoms with Crippen molar-refractivity contribution in [2.45, 2.75) is 45.6 Å². The van der Waals surface area contributed by atoms with Gasteiger partial charge in [0.05, 0.1) is 10.6 Å². The number of thiophene rings is 1. The van der Waals surface area contributed by atoms with Crippen molar-refractivity contribution in [1.29, 1.82) is 5.26 Å². The Morgan fingerprint density at radius 3 is 2.33 bits per heavy atom. The van der Waals surface area contributed by atoms with Crippen LogP contribution in [0.5, 0.6) is 0 Å². The van der Waals surface area contributed by atoms with Gasteiger partial charge in [-0.25, -0.2) is 0 Å². The van der Waals surface area contributed by atoms with Gasteiger partial charge in [0.2, 0.25) is 0 Å². The number of nitrogens with zero attached hydrogens (tertiary/aromatic N) is 1. The molecule has 0 spiro atoms. The van der Waals surface area contributed by atoms with Gasteiger partial charge in [-0.1, -0.05) is 13.8 Å². The van der Waals surface area contributed by atoms with Crippen LogP contribution in [-0.4, -0.2) is 11.8 Å². The SMILES string of the molecule is CC(C)C(=O)c1sc(NC(C2CC2)C2CC2)c(C#N)c1N. The van der Waals surface area contributed by atoms with Crippen molar-refractivity contribution in [1.82, 2.24) is 0 Å². The van der Waals surface area contributed by atoms with Gasteiger partial charge in [-0.15, -0.1) is 11.3 Å². The summed E-state index contributed by atoms with van der Waals surface area (Å²) in [5.74, 6) is 1.39. The number of anilines is 2. The minimum absolute atomic E-state index is 0.0245. The van der Waals surface area contributed by atoms with Crippen LogP contribution in [-0.2, 0) is 0 Å². The topological polar surface area (TPSA) is 78.9 Å². The van der Waals surface area contributed by atoms with Crippen LogP contribution in [0.4, 0.5) is 10.7 Å². The van der Waals surface area contributed by atoms with Crippen LogP contribution in [0.1, 0.15) is 54.8 Å². The molecular formula is C16H21N3OS. The normalized spacial score (nSPS) is 18.0. The average Bonchev–Trinajstić information content (AvgIpc) is 3.34. The Labute approximate surface area is 129 Å². The lowest BCUT2D eigenvalue weighted by Gasteiger charge is -2.17. The van der Waals surface area contributed by atoms with Crippen molar-refractivity contribution in [2.24, 2.45) is 17.8 Å². The summed E-state index contributed by atoms with van der Waals surface area (Å²) in [5.41, 5.74) is 6.85. The first-order chi connectivity index (χ1) is 10.0. The average molecular weight is 303 g/mol. The van der Waals surface area contributed by atoms with Crippen molar-refractivity contribution in [3.8, 4) is 6.07 Å². The van der Waals surface area contributed by atoms with E-state index in [4.69, 9.17) is 5.73 Å². The fourth-order valence-electron chi connectivity index (χ4n) is 2.78. The number of nitrogens with two attached hydrogens (primary N) is 1. The molecule has 0 aromatic carbocycles. The van der Waals surface area contributed by atoms with E-state index in [1.165, 1.54) is 37.0 Å². The first kappa shape index (κ1) is 14.4. The molecule has 0 aliphatic heterocycles. The van der Waals surface area contributed by atoms with Gasteiger partial charge in [0.1, 0.15) is 16.6 Å². The highest BCUT2D eigenvalue weighted by atomic mass is 32.1. The number of nitriles is 1. The van der Waals surface area contributed by atoms with Crippen LogP contribution in [0.15, 0.2) is 0 Å².